The molecule has 3 nitrogen and oxygen atoms in total. The van der Waals surface area contributed by atoms with Gasteiger partial charge in [-0.05, 0) is 74.0 Å². The first-order chi connectivity index (χ1) is 11.7. The van der Waals surface area contributed by atoms with Crippen LogP contribution in [-0.2, 0) is 4.79 Å². The molecule has 0 aromatic carbocycles. The lowest BCUT2D eigenvalue weighted by Crippen LogP contribution is -2.52. The van der Waals surface area contributed by atoms with E-state index in [2.05, 4.69) is 26.0 Å². The van der Waals surface area contributed by atoms with Gasteiger partial charge in [0.1, 0.15) is 5.78 Å². The number of hydrogen-bond acceptors (Lipinski definition) is 3. The molecule has 0 aromatic rings. The number of hydrogen-bond donors (Lipinski definition) is 1. The van der Waals surface area contributed by atoms with Gasteiger partial charge in [-0.3, -0.25) is 4.79 Å². The van der Waals surface area contributed by atoms with Gasteiger partial charge < -0.3 is 5.11 Å². The van der Waals surface area contributed by atoms with Crippen LogP contribution in [0.2, 0.25) is 0 Å². The van der Waals surface area contributed by atoms with Crippen LogP contribution >= 0.6 is 0 Å². The van der Waals surface area contributed by atoms with Gasteiger partial charge in [0.2, 0.25) is 0 Å². The van der Waals surface area contributed by atoms with E-state index in [4.69, 9.17) is 0 Å². The summed E-state index contributed by atoms with van der Waals surface area (Å²) in [7, 11) is 0. The Kier molecular flexibility index (Phi) is 3.75. The minimum Gasteiger partial charge on any atom is -0.375 e. The molecule has 3 saturated carbocycles. The second-order valence-corrected chi connectivity index (χ2v) is 9.91. The van der Waals surface area contributed by atoms with Crippen molar-refractivity contribution in [1.29, 1.82) is 5.26 Å². The molecule has 3 heteroatoms. The molecule has 0 heterocycles. The van der Waals surface area contributed by atoms with Gasteiger partial charge in [0, 0.05) is 18.8 Å². The van der Waals surface area contributed by atoms with Gasteiger partial charge in [0.25, 0.3) is 0 Å². The molecular weight excluding hydrogens is 310 g/mol. The maximum absolute atomic E-state index is 11.9. The fourth-order valence-electron chi connectivity index (χ4n) is 7.48. The number of nitrogens with zero attached hydrogens (tertiary/aromatic N) is 1. The van der Waals surface area contributed by atoms with E-state index >= 15 is 0 Å². The van der Waals surface area contributed by atoms with Crippen LogP contribution in [-0.4, -0.2) is 16.5 Å². The zero-order valence-corrected chi connectivity index (χ0v) is 15.8. The first-order valence-electron chi connectivity index (χ1n) is 10.1. The molecule has 1 N–H and O–H groups in total. The lowest BCUT2D eigenvalue weighted by molar-refractivity contribution is -0.123. The third-order valence-corrected chi connectivity index (χ3v) is 8.84. The van der Waals surface area contributed by atoms with Crippen molar-refractivity contribution >= 4 is 5.78 Å². The van der Waals surface area contributed by atoms with Crippen molar-refractivity contribution in [3.05, 3.63) is 11.6 Å². The predicted molar refractivity (Wildman–Crippen MR) is 96.4 cm³/mol. The summed E-state index contributed by atoms with van der Waals surface area (Å²) in [5, 5.41) is 20.2. The van der Waals surface area contributed by atoms with Crippen molar-refractivity contribution in [2.45, 2.75) is 77.7 Å². The van der Waals surface area contributed by atoms with Crippen LogP contribution in [0.3, 0.4) is 0 Å². The summed E-state index contributed by atoms with van der Waals surface area (Å²) >= 11 is 0. The highest BCUT2D eigenvalue weighted by atomic mass is 16.3. The van der Waals surface area contributed by atoms with E-state index in [1.165, 1.54) is 12.0 Å². The van der Waals surface area contributed by atoms with Crippen LogP contribution in [0.5, 0.6) is 0 Å². The topological polar surface area (TPSA) is 61.1 Å². The molecular formula is C22H31NO2. The van der Waals surface area contributed by atoms with Crippen LogP contribution in [0.4, 0.5) is 0 Å². The lowest BCUT2D eigenvalue weighted by atomic mass is 9.47. The van der Waals surface area contributed by atoms with Crippen LogP contribution in [0.25, 0.3) is 0 Å². The second kappa shape index (κ2) is 5.43. The average Bonchev–Trinajstić information content (AvgIpc) is 2.93. The number of allylic oxidation sites excluding steroid dienone is 2. The van der Waals surface area contributed by atoms with Crippen LogP contribution in [0.15, 0.2) is 11.6 Å². The Morgan fingerprint density at radius 2 is 2.00 bits per heavy atom. The fraction of sp³-hybridized carbons (Fsp3) is 0.818. The van der Waals surface area contributed by atoms with E-state index in [-0.39, 0.29) is 16.7 Å². The van der Waals surface area contributed by atoms with Gasteiger partial charge >= 0.3 is 0 Å². The molecule has 0 radical (unpaired) electrons. The molecule has 0 saturated heterocycles. The summed E-state index contributed by atoms with van der Waals surface area (Å²) in [5.74, 6) is 2.42. The van der Waals surface area contributed by atoms with Gasteiger partial charge in [-0.15, -0.1) is 0 Å². The Balaban J connectivity index is 1.67. The van der Waals surface area contributed by atoms with Crippen LogP contribution in [0, 0.1) is 45.8 Å². The molecule has 0 bridgehead atoms. The van der Waals surface area contributed by atoms with Crippen molar-refractivity contribution in [1.82, 2.24) is 0 Å². The Morgan fingerprint density at radius 1 is 1.24 bits per heavy atom. The molecule has 3 fully saturated rings. The number of aliphatic hydroxyl groups is 1. The average molecular weight is 341 g/mol. The van der Waals surface area contributed by atoms with Crippen molar-refractivity contribution in [2.24, 2.45) is 34.5 Å². The molecule has 25 heavy (non-hydrogen) atoms. The maximum Gasteiger partial charge on any atom is 0.151 e. The first-order valence-corrected chi connectivity index (χ1v) is 10.1. The molecule has 0 aromatic heterocycles. The Hall–Kier alpha value is -1.14. The van der Waals surface area contributed by atoms with Gasteiger partial charge in [-0.2, -0.15) is 5.26 Å². The molecule has 0 amide bonds. The summed E-state index contributed by atoms with van der Waals surface area (Å²) < 4.78 is 0. The SMILES string of the molecule is CC(O)(C#N)[C@H]1CC[C@H]2[C@@H]3CC=C4CC(=O)CC[C@@]4(C)[C@@H]3CC[C@]12C. The van der Waals surface area contributed by atoms with Crippen molar-refractivity contribution < 1.29 is 9.90 Å². The minimum atomic E-state index is -1.22. The Morgan fingerprint density at radius 3 is 2.72 bits per heavy atom. The summed E-state index contributed by atoms with van der Waals surface area (Å²) in [4.78, 5) is 11.9. The standard InChI is InChI=1S/C22H31NO2/c1-20-10-8-15(24)12-14(20)4-5-16-17-6-7-19(22(3,25)13-23)21(17,2)11-9-18(16)20/h4,16-19,25H,5-12H2,1-3H3/t16-,17-,18+,19-,20+,21-,22?/m0/s1. The number of fused-ring (bicyclic) bond motifs is 5. The van der Waals surface area contributed by atoms with Crippen molar-refractivity contribution in [3.8, 4) is 6.07 Å². The van der Waals surface area contributed by atoms with Gasteiger partial charge in [0.15, 0.2) is 5.60 Å². The summed E-state index contributed by atoms with van der Waals surface area (Å²) in [6, 6.07) is 2.18. The smallest absolute Gasteiger partial charge is 0.151 e. The predicted octanol–water partition coefficient (Wildman–Crippen LogP) is 4.41. The number of Topliss-reactive ketones (excluding diaryl/α,β-unsaturated/α-hetero) is 1. The van der Waals surface area contributed by atoms with E-state index in [9.17, 15) is 15.2 Å². The normalized spacial score (nSPS) is 48.4. The zero-order chi connectivity index (χ0) is 18.0. The van der Waals surface area contributed by atoms with Crippen LogP contribution in [0.1, 0.15) is 72.1 Å². The minimum absolute atomic E-state index is 0.0760. The summed E-state index contributed by atoms with van der Waals surface area (Å²) in [6.07, 6.45) is 10.3. The van der Waals surface area contributed by atoms with Crippen LogP contribution < -0.4 is 0 Å². The van der Waals surface area contributed by atoms with E-state index in [0.717, 1.165) is 38.5 Å². The van der Waals surface area contributed by atoms with Gasteiger partial charge in [-0.1, -0.05) is 25.5 Å². The highest BCUT2D eigenvalue weighted by Gasteiger charge is 2.61. The second-order valence-electron chi connectivity index (χ2n) is 9.91. The van der Waals surface area contributed by atoms with E-state index < -0.39 is 5.60 Å². The fourth-order valence-corrected chi connectivity index (χ4v) is 7.48. The summed E-state index contributed by atoms with van der Waals surface area (Å²) in [6.45, 7) is 6.45. The zero-order valence-electron chi connectivity index (χ0n) is 15.8. The van der Waals surface area contributed by atoms with Crippen molar-refractivity contribution in [3.63, 3.8) is 0 Å². The Bertz CT molecular complexity index is 672. The molecule has 136 valence electrons. The number of carbonyl (C=O) groups excluding carboxylic acids is 1. The molecule has 1 unspecified atom stereocenters. The molecule has 4 aliphatic rings. The lowest BCUT2D eigenvalue weighted by Gasteiger charge is -2.58. The molecule has 4 rings (SSSR count). The van der Waals surface area contributed by atoms with Gasteiger partial charge in [0.05, 0.1) is 6.07 Å². The molecule has 4 aliphatic carbocycles. The van der Waals surface area contributed by atoms with Crippen molar-refractivity contribution in [2.75, 3.05) is 0 Å². The number of ketones is 1. The largest absolute Gasteiger partial charge is 0.375 e. The van der Waals surface area contributed by atoms with E-state index in [1.807, 2.05) is 0 Å². The third kappa shape index (κ3) is 2.29. The number of carbonyl (C=O) groups is 1. The summed E-state index contributed by atoms with van der Waals surface area (Å²) in [5.41, 5.74) is 0.473. The highest BCUT2D eigenvalue weighted by Crippen LogP contribution is 2.67. The van der Waals surface area contributed by atoms with E-state index in [1.54, 1.807) is 6.92 Å². The third-order valence-electron chi connectivity index (χ3n) is 8.84. The Labute approximate surface area is 151 Å². The quantitative estimate of drug-likeness (QED) is 0.567. The van der Waals surface area contributed by atoms with Gasteiger partial charge in [-0.25, -0.2) is 0 Å². The highest BCUT2D eigenvalue weighted by molar-refractivity contribution is 5.82. The molecule has 7 atom stereocenters. The number of rotatable bonds is 1. The van der Waals surface area contributed by atoms with E-state index in [0.29, 0.717) is 30.0 Å². The molecule has 0 spiro atoms. The first kappa shape index (κ1) is 17.3. The molecule has 0 aliphatic heterocycles. The maximum atomic E-state index is 11.9. The monoisotopic (exact) mass is 341 g/mol. The number of nitriles is 1.